The van der Waals surface area contributed by atoms with Crippen molar-refractivity contribution in [2.75, 3.05) is 27.2 Å². The number of nitrogens with one attached hydrogen (secondary N) is 1. The predicted octanol–water partition coefficient (Wildman–Crippen LogP) is 0.229. The first-order chi connectivity index (χ1) is 9.98. The molecular formula is C13H20N6OS. The molecule has 1 aromatic heterocycles. The predicted molar refractivity (Wildman–Crippen MR) is 81.2 cm³/mol. The summed E-state index contributed by atoms with van der Waals surface area (Å²) in [6, 6.07) is 0. The van der Waals surface area contributed by atoms with Gasteiger partial charge in [0.1, 0.15) is 15.6 Å². The van der Waals surface area contributed by atoms with Gasteiger partial charge >= 0.3 is 0 Å². The van der Waals surface area contributed by atoms with E-state index in [9.17, 15) is 4.79 Å². The van der Waals surface area contributed by atoms with E-state index in [4.69, 9.17) is 0 Å². The third kappa shape index (κ3) is 2.77. The highest BCUT2D eigenvalue weighted by Gasteiger charge is 2.46. The SMILES string of the molecule is Cc1nnc(CN2CCC3(CC2)N=C(N(C)C)NC3=O)s1. The first-order valence-electron chi connectivity index (χ1n) is 7.08. The van der Waals surface area contributed by atoms with Crippen LogP contribution in [0.1, 0.15) is 22.9 Å². The van der Waals surface area contributed by atoms with Gasteiger partial charge in [-0.15, -0.1) is 21.5 Å². The van der Waals surface area contributed by atoms with Crippen LogP contribution in [-0.4, -0.2) is 64.6 Å². The Bertz CT molecular complexity index is 573. The van der Waals surface area contributed by atoms with Crippen molar-refractivity contribution < 1.29 is 4.79 Å². The van der Waals surface area contributed by atoms with Crippen LogP contribution in [0.15, 0.2) is 4.99 Å². The molecule has 1 fully saturated rings. The van der Waals surface area contributed by atoms with Gasteiger partial charge in [-0.1, -0.05) is 0 Å². The van der Waals surface area contributed by atoms with Gasteiger partial charge in [0.05, 0.1) is 6.54 Å². The van der Waals surface area contributed by atoms with E-state index in [-0.39, 0.29) is 5.91 Å². The molecule has 114 valence electrons. The van der Waals surface area contributed by atoms with Crippen molar-refractivity contribution in [2.24, 2.45) is 4.99 Å². The van der Waals surface area contributed by atoms with Crippen LogP contribution >= 0.6 is 11.3 Å². The van der Waals surface area contributed by atoms with Gasteiger partial charge in [0.25, 0.3) is 5.91 Å². The number of rotatable bonds is 2. The molecule has 7 nitrogen and oxygen atoms in total. The molecule has 3 heterocycles. The molecule has 1 saturated heterocycles. The zero-order valence-electron chi connectivity index (χ0n) is 12.6. The Hall–Kier alpha value is -1.54. The van der Waals surface area contributed by atoms with E-state index >= 15 is 0 Å². The van der Waals surface area contributed by atoms with Gasteiger partial charge in [-0.3, -0.25) is 15.0 Å². The van der Waals surface area contributed by atoms with Crippen molar-refractivity contribution in [2.45, 2.75) is 31.8 Å². The molecule has 0 bridgehead atoms. The number of aryl methyl sites for hydroxylation is 1. The van der Waals surface area contributed by atoms with Gasteiger partial charge in [-0.2, -0.15) is 0 Å². The second-order valence-corrected chi connectivity index (χ2v) is 7.07. The first-order valence-corrected chi connectivity index (χ1v) is 7.90. The zero-order chi connectivity index (χ0) is 15.0. The number of carbonyl (C=O) groups excluding carboxylic acids is 1. The molecule has 0 unspecified atom stereocenters. The van der Waals surface area contributed by atoms with Gasteiger partial charge in [0, 0.05) is 27.2 Å². The molecule has 0 radical (unpaired) electrons. The second-order valence-electron chi connectivity index (χ2n) is 5.81. The number of hydrogen-bond donors (Lipinski definition) is 1. The largest absolute Gasteiger partial charge is 0.349 e. The molecule has 0 aromatic carbocycles. The minimum Gasteiger partial charge on any atom is -0.349 e. The van der Waals surface area contributed by atoms with Gasteiger partial charge in [0.15, 0.2) is 0 Å². The Kier molecular flexibility index (Phi) is 3.66. The Morgan fingerprint density at radius 1 is 1.33 bits per heavy atom. The number of hydrogen-bond acceptors (Lipinski definition) is 7. The molecular weight excluding hydrogens is 288 g/mol. The Morgan fingerprint density at radius 3 is 2.57 bits per heavy atom. The standard InChI is InChI=1S/C13H20N6OS/c1-9-16-17-10(21-9)8-19-6-4-13(5-7-19)11(20)14-12(15-13)18(2)3/h4-8H2,1-3H3,(H,14,15,20). The fourth-order valence-corrected chi connectivity index (χ4v) is 3.48. The summed E-state index contributed by atoms with van der Waals surface area (Å²) in [5, 5.41) is 13.1. The Balaban J connectivity index is 1.63. The third-order valence-electron chi connectivity index (χ3n) is 4.00. The molecule has 8 heteroatoms. The number of likely N-dealkylation sites (tertiary alicyclic amines) is 1. The molecule has 1 amide bonds. The minimum atomic E-state index is -0.562. The summed E-state index contributed by atoms with van der Waals surface area (Å²) in [4.78, 5) is 21.0. The van der Waals surface area contributed by atoms with Crippen molar-refractivity contribution in [1.82, 2.24) is 25.3 Å². The maximum atomic E-state index is 12.2. The average molecular weight is 308 g/mol. The number of aromatic nitrogens is 2. The normalized spacial score (nSPS) is 21.5. The average Bonchev–Trinajstić information content (AvgIpc) is 2.98. The van der Waals surface area contributed by atoms with Crippen molar-refractivity contribution >= 4 is 23.2 Å². The summed E-state index contributed by atoms with van der Waals surface area (Å²) in [7, 11) is 3.79. The molecule has 2 aliphatic heterocycles. The summed E-state index contributed by atoms with van der Waals surface area (Å²) in [6.07, 6.45) is 1.52. The van der Waals surface area contributed by atoms with Gasteiger partial charge in [0.2, 0.25) is 5.96 Å². The highest BCUT2D eigenvalue weighted by molar-refractivity contribution is 7.11. The lowest BCUT2D eigenvalue weighted by Gasteiger charge is -2.34. The minimum absolute atomic E-state index is 0.0395. The van der Waals surface area contributed by atoms with E-state index in [0.717, 1.165) is 42.5 Å². The van der Waals surface area contributed by atoms with Crippen LogP contribution in [0, 0.1) is 6.92 Å². The van der Waals surface area contributed by atoms with E-state index in [2.05, 4.69) is 25.4 Å². The Labute approximate surface area is 128 Å². The molecule has 2 aliphatic rings. The number of piperidine rings is 1. The molecule has 1 N–H and O–H groups in total. The summed E-state index contributed by atoms with van der Waals surface area (Å²) < 4.78 is 0. The maximum Gasteiger partial charge on any atom is 0.254 e. The van der Waals surface area contributed by atoms with E-state index in [0.29, 0.717) is 5.96 Å². The number of aliphatic imine (C=N–C) groups is 1. The first kappa shape index (κ1) is 14.4. The second kappa shape index (κ2) is 5.34. The molecule has 21 heavy (non-hydrogen) atoms. The zero-order valence-corrected chi connectivity index (χ0v) is 13.4. The third-order valence-corrected chi connectivity index (χ3v) is 4.82. The summed E-state index contributed by atoms with van der Waals surface area (Å²) in [6.45, 7) is 4.49. The maximum absolute atomic E-state index is 12.2. The van der Waals surface area contributed by atoms with E-state index in [1.807, 2.05) is 25.9 Å². The van der Waals surface area contributed by atoms with Crippen LogP contribution in [0.2, 0.25) is 0 Å². The molecule has 0 saturated carbocycles. The van der Waals surface area contributed by atoms with Crippen LogP contribution in [0.3, 0.4) is 0 Å². The van der Waals surface area contributed by atoms with Crippen LogP contribution in [0.4, 0.5) is 0 Å². The van der Waals surface area contributed by atoms with Crippen LogP contribution < -0.4 is 5.32 Å². The van der Waals surface area contributed by atoms with Gasteiger partial charge < -0.3 is 4.90 Å². The highest BCUT2D eigenvalue weighted by Crippen LogP contribution is 2.30. The fraction of sp³-hybridized carbons (Fsp3) is 0.692. The van der Waals surface area contributed by atoms with Crippen molar-refractivity contribution in [1.29, 1.82) is 0 Å². The lowest BCUT2D eigenvalue weighted by atomic mass is 9.88. The van der Waals surface area contributed by atoms with Crippen LogP contribution in [0.25, 0.3) is 0 Å². The van der Waals surface area contributed by atoms with Crippen molar-refractivity contribution in [3.05, 3.63) is 10.0 Å². The lowest BCUT2D eigenvalue weighted by Crippen LogP contribution is -2.49. The molecule has 1 spiro atoms. The van der Waals surface area contributed by atoms with Crippen LogP contribution in [0.5, 0.6) is 0 Å². The molecule has 0 aliphatic carbocycles. The van der Waals surface area contributed by atoms with Gasteiger partial charge in [-0.05, 0) is 19.8 Å². The number of guanidine groups is 1. The van der Waals surface area contributed by atoms with Gasteiger partial charge in [-0.25, -0.2) is 4.99 Å². The highest BCUT2D eigenvalue weighted by atomic mass is 32.1. The fourth-order valence-electron chi connectivity index (χ4n) is 2.72. The summed E-state index contributed by atoms with van der Waals surface area (Å²) in [5.74, 6) is 0.714. The Morgan fingerprint density at radius 2 is 2.05 bits per heavy atom. The topological polar surface area (TPSA) is 73.7 Å². The van der Waals surface area contributed by atoms with E-state index < -0.39 is 5.54 Å². The smallest absolute Gasteiger partial charge is 0.254 e. The number of carbonyl (C=O) groups is 1. The van der Waals surface area contributed by atoms with Crippen molar-refractivity contribution in [3.63, 3.8) is 0 Å². The van der Waals surface area contributed by atoms with E-state index in [1.165, 1.54) is 0 Å². The van der Waals surface area contributed by atoms with Crippen LogP contribution in [-0.2, 0) is 11.3 Å². The number of amides is 1. The van der Waals surface area contributed by atoms with Crippen molar-refractivity contribution in [3.8, 4) is 0 Å². The monoisotopic (exact) mass is 308 g/mol. The quantitative estimate of drug-likeness (QED) is 0.846. The molecule has 0 atom stereocenters. The van der Waals surface area contributed by atoms with E-state index in [1.54, 1.807) is 11.3 Å². The number of nitrogens with zero attached hydrogens (tertiary/aromatic N) is 5. The summed E-state index contributed by atoms with van der Waals surface area (Å²) in [5.41, 5.74) is -0.562. The lowest BCUT2D eigenvalue weighted by molar-refractivity contribution is -0.125. The molecule has 1 aromatic rings. The summed E-state index contributed by atoms with van der Waals surface area (Å²) >= 11 is 1.63. The molecule has 3 rings (SSSR count).